The predicted molar refractivity (Wildman–Crippen MR) is 72.5 cm³/mol. The highest BCUT2D eigenvalue weighted by molar-refractivity contribution is 5.96. The number of aromatic carboxylic acids is 1. The number of aromatic amines is 1. The number of rotatable bonds is 2. The van der Waals surface area contributed by atoms with Crippen molar-refractivity contribution in [3.05, 3.63) is 41.6 Å². The van der Waals surface area contributed by atoms with Crippen LogP contribution in [-0.2, 0) is 13.2 Å². The highest BCUT2D eigenvalue weighted by Crippen LogP contribution is 2.34. The van der Waals surface area contributed by atoms with Crippen LogP contribution in [0.1, 0.15) is 15.9 Å². The molecule has 5 nitrogen and oxygen atoms in total. The average Bonchev–Trinajstić information content (AvgIpc) is 3.02. The van der Waals surface area contributed by atoms with Crippen LogP contribution < -0.4 is 0 Å². The quantitative estimate of drug-likeness (QED) is 0.763. The fourth-order valence-corrected chi connectivity index (χ4v) is 2.39. The van der Waals surface area contributed by atoms with E-state index >= 15 is 0 Å². The third-order valence-electron chi connectivity index (χ3n) is 3.50. The minimum atomic E-state index is -4.43. The van der Waals surface area contributed by atoms with Gasteiger partial charge in [0.1, 0.15) is 5.56 Å². The summed E-state index contributed by atoms with van der Waals surface area (Å²) in [5.74, 6) is -1.16. The minimum Gasteiger partial charge on any atom is -0.478 e. The molecule has 3 rings (SSSR count). The molecule has 0 spiro atoms. The number of nitrogens with zero attached hydrogens (tertiary/aromatic N) is 2. The molecule has 0 aliphatic rings. The van der Waals surface area contributed by atoms with E-state index in [1.54, 1.807) is 13.1 Å². The number of carboxylic acids is 1. The van der Waals surface area contributed by atoms with E-state index in [1.807, 2.05) is 0 Å². The molecule has 0 saturated heterocycles. The van der Waals surface area contributed by atoms with Gasteiger partial charge < -0.3 is 9.67 Å². The van der Waals surface area contributed by atoms with Gasteiger partial charge in [0.25, 0.3) is 0 Å². The van der Waals surface area contributed by atoms with Crippen molar-refractivity contribution in [1.29, 1.82) is 0 Å². The number of H-pyrrole nitrogens is 1. The Morgan fingerprint density at radius 1 is 1.32 bits per heavy atom. The molecule has 114 valence electrons. The monoisotopic (exact) mass is 309 g/mol. The molecule has 0 unspecified atom stereocenters. The average molecular weight is 309 g/mol. The van der Waals surface area contributed by atoms with Crippen molar-refractivity contribution >= 4 is 16.9 Å². The number of aryl methyl sites for hydroxylation is 1. The lowest BCUT2D eigenvalue weighted by Gasteiger charge is -2.07. The second-order valence-corrected chi connectivity index (χ2v) is 4.82. The van der Waals surface area contributed by atoms with Gasteiger partial charge in [-0.1, -0.05) is 6.07 Å². The van der Waals surface area contributed by atoms with Gasteiger partial charge >= 0.3 is 12.1 Å². The van der Waals surface area contributed by atoms with Crippen LogP contribution in [0.15, 0.2) is 30.5 Å². The Balaban J connectivity index is 2.22. The van der Waals surface area contributed by atoms with Gasteiger partial charge in [0.15, 0.2) is 0 Å². The first-order valence-corrected chi connectivity index (χ1v) is 6.22. The van der Waals surface area contributed by atoms with Gasteiger partial charge in [-0.25, -0.2) is 4.79 Å². The molecule has 0 fully saturated rings. The largest absolute Gasteiger partial charge is 0.478 e. The summed E-state index contributed by atoms with van der Waals surface area (Å²) in [6, 6.07) is 5.01. The van der Waals surface area contributed by atoms with Gasteiger partial charge in [0.2, 0.25) is 0 Å². The molecule has 22 heavy (non-hydrogen) atoms. The molecule has 2 aromatic heterocycles. The number of aromatic nitrogens is 3. The van der Waals surface area contributed by atoms with E-state index in [0.29, 0.717) is 16.6 Å². The molecule has 2 heterocycles. The predicted octanol–water partition coefficient (Wildman–Crippen LogP) is 3.29. The van der Waals surface area contributed by atoms with E-state index in [2.05, 4.69) is 10.2 Å². The Morgan fingerprint density at radius 3 is 2.68 bits per heavy atom. The smallest absolute Gasteiger partial charge is 0.416 e. The van der Waals surface area contributed by atoms with Crippen molar-refractivity contribution in [2.45, 2.75) is 6.18 Å². The molecule has 0 saturated carbocycles. The zero-order chi connectivity index (χ0) is 16.1. The van der Waals surface area contributed by atoms with Crippen molar-refractivity contribution in [2.24, 2.45) is 7.05 Å². The summed E-state index contributed by atoms with van der Waals surface area (Å²) in [5.41, 5.74) is 0.262. The summed E-state index contributed by atoms with van der Waals surface area (Å²) in [7, 11) is 1.57. The van der Waals surface area contributed by atoms with Gasteiger partial charge in [0.05, 0.1) is 23.1 Å². The van der Waals surface area contributed by atoms with E-state index in [1.165, 1.54) is 10.6 Å². The van der Waals surface area contributed by atoms with E-state index in [-0.39, 0.29) is 11.3 Å². The first kappa shape index (κ1) is 14.2. The van der Waals surface area contributed by atoms with E-state index in [0.717, 1.165) is 18.3 Å². The Labute approximate surface area is 122 Å². The maximum absolute atomic E-state index is 12.8. The van der Waals surface area contributed by atoms with Gasteiger partial charge in [-0.15, -0.1) is 0 Å². The lowest BCUT2D eigenvalue weighted by atomic mass is 10.1. The zero-order valence-electron chi connectivity index (χ0n) is 11.3. The molecule has 8 heteroatoms. The summed E-state index contributed by atoms with van der Waals surface area (Å²) < 4.78 is 39.9. The standard InChI is InChI=1S/C14H10F3N3O2/c1-20-10-5-8(14(15,16)17)3-2-7(10)4-11(20)12-9(13(21)22)6-18-19-12/h2-6H,1H3,(H,18,19)(H,21,22). The minimum absolute atomic E-state index is 0.0399. The number of alkyl halides is 3. The maximum atomic E-state index is 12.8. The Hall–Kier alpha value is -2.77. The highest BCUT2D eigenvalue weighted by Gasteiger charge is 2.31. The van der Waals surface area contributed by atoms with E-state index in [4.69, 9.17) is 5.11 Å². The van der Waals surface area contributed by atoms with Crippen LogP contribution in [0, 0.1) is 0 Å². The van der Waals surface area contributed by atoms with Crippen molar-refractivity contribution in [3.8, 4) is 11.4 Å². The molecule has 0 radical (unpaired) electrons. The fourth-order valence-electron chi connectivity index (χ4n) is 2.39. The van der Waals surface area contributed by atoms with Crippen LogP contribution in [0.5, 0.6) is 0 Å². The maximum Gasteiger partial charge on any atom is 0.416 e. The van der Waals surface area contributed by atoms with Gasteiger partial charge in [-0.05, 0) is 18.2 Å². The van der Waals surface area contributed by atoms with Gasteiger partial charge in [-0.3, -0.25) is 5.10 Å². The second kappa shape index (κ2) is 4.62. The van der Waals surface area contributed by atoms with Crippen LogP contribution in [0.25, 0.3) is 22.3 Å². The summed E-state index contributed by atoms with van der Waals surface area (Å²) >= 11 is 0. The number of nitrogens with one attached hydrogen (secondary N) is 1. The van der Waals surface area contributed by atoms with Crippen LogP contribution in [0.2, 0.25) is 0 Å². The third kappa shape index (κ3) is 2.12. The summed E-state index contributed by atoms with van der Waals surface area (Å²) in [6.45, 7) is 0. The Morgan fingerprint density at radius 2 is 2.05 bits per heavy atom. The number of carbonyl (C=O) groups is 1. The van der Waals surface area contributed by atoms with E-state index in [9.17, 15) is 18.0 Å². The molecule has 0 aliphatic heterocycles. The van der Waals surface area contributed by atoms with Crippen molar-refractivity contribution < 1.29 is 23.1 Å². The number of benzene rings is 1. The molecule has 0 bridgehead atoms. The number of hydrogen-bond donors (Lipinski definition) is 2. The van der Waals surface area contributed by atoms with Gasteiger partial charge in [-0.2, -0.15) is 18.3 Å². The van der Waals surface area contributed by atoms with Crippen LogP contribution in [0.4, 0.5) is 13.2 Å². The molecule has 2 N–H and O–H groups in total. The van der Waals surface area contributed by atoms with Crippen molar-refractivity contribution in [1.82, 2.24) is 14.8 Å². The Bertz CT molecular complexity index is 877. The molecule has 3 aromatic rings. The second-order valence-electron chi connectivity index (χ2n) is 4.82. The molecule has 0 atom stereocenters. The first-order chi connectivity index (χ1) is 10.3. The summed E-state index contributed by atoms with van der Waals surface area (Å²) in [4.78, 5) is 11.2. The summed E-state index contributed by atoms with van der Waals surface area (Å²) in [5, 5.41) is 16.0. The van der Waals surface area contributed by atoms with Crippen LogP contribution in [-0.4, -0.2) is 25.8 Å². The lowest BCUT2D eigenvalue weighted by molar-refractivity contribution is -0.137. The highest BCUT2D eigenvalue weighted by atomic mass is 19.4. The molecule has 0 amide bonds. The zero-order valence-corrected chi connectivity index (χ0v) is 11.3. The number of hydrogen-bond acceptors (Lipinski definition) is 2. The molecule has 1 aromatic carbocycles. The fraction of sp³-hybridized carbons (Fsp3) is 0.143. The number of halogens is 3. The number of carboxylic acid groups (broad SMARTS) is 1. The first-order valence-electron chi connectivity index (χ1n) is 6.22. The van der Waals surface area contributed by atoms with E-state index < -0.39 is 17.7 Å². The normalized spacial score (nSPS) is 12.0. The van der Waals surface area contributed by atoms with Crippen molar-refractivity contribution in [3.63, 3.8) is 0 Å². The summed E-state index contributed by atoms with van der Waals surface area (Å²) in [6.07, 6.45) is -3.27. The number of fused-ring (bicyclic) bond motifs is 1. The van der Waals surface area contributed by atoms with Crippen LogP contribution >= 0.6 is 0 Å². The van der Waals surface area contributed by atoms with Crippen molar-refractivity contribution in [2.75, 3.05) is 0 Å². The molecule has 0 aliphatic carbocycles. The molecular weight excluding hydrogens is 299 g/mol. The molecular formula is C14H10F3N3O2. The topological polar surface area (TPSA) is 70.9 Å². The van der Waals surface area contributed by atoms with Crippen LogP contribution in [0.3, 0.4) is 0 Å². The SMILES string of the molecule is Cn1c(-c2[nH]ncc2C(=O)O)cc2ccc(C(F)(F)F)cc21. The third-order valence-corrected chi connectivity index (χ3v) is 3.50. The Kier molecular flexibility index (Phi) is 2.98. The van der Waals surface area contributed by atoms with Gasteiger partial charge in [0, 0.05) is 18.0 Å². The lowest BCUT2D eigenvalue weighted by Crippen LogP contribution is -2.05.